The summed E-state index contributed by atoms with van der Waals surface area (Å²) in [6, 6.07) is 5.79. The van der Waals surface area contributed by atoms with E-state index in [1.807, 2.05) is 0 Å². The summed E-state index contributed by atoms with van der Waals surface area (Å²) in [6.45, 7) is 0. The van der Waals surface area contributed by atoms with Gasteiger partial charge in [-0.1, -0.05) is 34.8 Å². The maximum Gasteiger partial charge on any atom is 0.289 e. The SMILES string of the molecule is NS(=O)(=O)c1cc(Oc2c(Cl)cc(Cl)cc2Cl)ccc1[N+](=O)[O-]. The van der Waals surface area contributed by atoms with Gasteiger partial charge < -0.3 is 4.74 Å². The normalized spacial score (nSPS) is 11.3. The van der Waals surface area contributed by atoms with Crippen molar-refractivity contribution in [2.75, 3.05) is 0 Å². The van der Waals surface area contributed by atoms with E-state index >= 15 is 0 Å². The van der Waals surface area contributed by atoms with E-state index in [4.69, 9.17) is 44.7 Å². The van der Waals surface area contributed by atoms with Crippen molar-refractivity contribution < 1.29 is 18.1 Å². The largest absolute Gasteiger partial charge is 0.454 e. The molecule has 7 nitrogen and oxygen atoms in total. The number of benzene rings is 2. The summed E-state index contributed by atoms with van der Waals surface area (Å²) in [6.07, 6.45) is 0. The van der Waals surface area contributed by atoms with E-state index in [2.05, 4.69) is 0 Å². The predicted octanol–water partition coefficient (Wildman–Crippen LogP) is 3.99. The summed E-state index contributed by atoms with van der Waals surface area (Å²) in [5, 5.41) is 16.3. The van der Waals surface area contributed by atoms with Gasteiger partial charge in [-0.25, -0.2) is 13.6 Å². The molecule has 0 aromatic heterocycles. The standard InChI is InChI=1S/C12H7Cl3N2O5S/c13-6-3-8(14)12(9(15)4-6)22-7-1-2-10(17(18)19)11(5-7)23(16,20)21/h1-5H,(H2,16,20,21). The number of rotatable bonds is 4. The van der Waals surface area contributed by atoms with Crippen molar-refractivity contribution in [1.82, 2.24) is 0 Å². The van der Waals surface area contributed by atoms with Gasteiger partial charge in [0.15, 0.2) is 10.6 Å². The molecule has 0 aliphatic rings. The van der Waals surface area contributed by atoms with Crippen molar-refractivity contribution in [2.45, 2.75) is 4.90 Å². The van der Waals surface area contributed by atoms with Crippen LogP contribution in [0.15, 0.2) is 35.2 Å². The van der Waals surface area contributed by atoms with Crippen molar-refractivity contribution in [2.24, 2.45) is 5.14 Å². The molecule has 2 aromatic carbocycles. The van der Waals surface area contributed by atoms with Gasteiger partial charge in [-0.15, -0.1) is 0 Å². The van der Waals surface area contributed by atoms with Crippen molar-refractivity contribution in [1.29, 1.82) is 0 Å². The number of hydrogen-bond donors (Lipinski definition) is 1. The first-order chi connectivity index (χ1) is 10.6. The summed E-state index contributed by atoms with van der Waals surface area (Å²) in [7, 11) is -4.33. The fraction of sp³-hybridized carbons (Fsp3) is 0. The number of sulfonamides is 1. The van der Waals surface area contributed by atoms with Gasteiger partial charge in [-0.3, -0.25) is 10.1 Å². The first-order valence-corrected chi connectivity index (χ1v) is 8.41. The van der Waals surface area contributed by atoms with E-state index in [0.717, 1.165) is 12.1 Å². The third-order valence-corrected chi connectivity index (χ3v) is 4.34. The first-order valence-electron chi connectivity index (χ1n) is 5.73. The van der Waals surface area contributed by atoms with Crippen LogP contribution in [0.2, 0.25) is 15.1 Å². The van der Waals surface area contributed by atoms with Crippen LogP contribution in [0, 0.1) is 10.1 Å². The molecule has 0 radical (unpaired) electrons. The molecule has 2 aromatic rings. The maximum absolute atomic E-state index is 11.5. The van der Waals surface area contributed by atoms with Crippen molar-refractivity contribution in [3.63, 3.8) is 0 Å². The van der Waals surface area contributed by atoms with E-state index in [1.54, 1.807) is 0 Å². The fourth-order valence-corrected chi connectivity index (χ4v) is 3.29. The molecular formula is C12H7Cl3N2O5S. The molecule has 0 aliphatic heterocycles. The Kier molecular flexibility index (Phi) is 5.02. The highest BCUT2D eigenvalue weighted by Gasteiger charge is 2.24. The molecule has 0 amide bonds. The Morgan fingerprint density at radius 1 is 1.09 bits per heavy atom. The number of nitrogens with zero attached hydrogens (tertiary/aromatic N) is 1. The molecule has 0 atom stereocenters. The zero-order chi connectivity index (χ0) is 17.4. The van der Waals surface area contributed by atoms with Gasteiger partial charge in [-0.2, -0.15) is 0 Å². The number of hydrogen-bond acceptors (Lipinski definition) is 5. The number of nitro groups is 1. The fourth-order valence-electron chi connectivity index (χ4n) is 1.68. The average molecular weight is 398 g/mol. The van der Waals surface area contributed by atoms with E-state index in [9.17, 15) is 18.5 Å². The lowest BCUT2D eigenvalue weighted by Crippen LogP contribution is -2.14. The average Bonchev–Trinajstić information content (AvgIpc) is 2.41. The Labute approximate surface area is 145 Å². The highest BCUT2D eigenvalue weighted by atomic mass is 35.5. The smallest absolute Gasteiger partial charge is 0.289 e. The summed E-state index contributed by atoms with van der Waals surface area (Å²) in [5.41, 5.74) is -0.673. The van der Waals surface area contributed by atoms with Crippen LogP contribution >= 0.6 is 34.8 Å². The predicted molar refractivity (Wildman–Crippen MR) is 86.0 cm³/mol. The number of primary sulfonamides is 1. The molecule has 0 aliphatic carbocycles. The molecule has 11 heteroatoms. The molecule has 0 unspecified atom stereocenters. The van der Waals surface area contributed by atoms with E-state index in [1.165, 1.54) is 18.2 Å². The number of nitrogens with two attached hydrogens (primary N) is 1. The first kappa shape index (κ1) is 17.8. The number of ether oxygens (including phenoxy) is 1. The van der Waals surface area contributed by atoms with Gasteiger partial charge in [0.1, 0.15) is 5.75 Å². The molecule has 0 heterocycles. The second-order valence-electron chi connectivity index (χ2n) is 4.23. The minimum atomic E-state index is -4.33. The van der Waals surface area contributed by atoms with E-state index in [-0.39, 0.29) is 26.6 Å². The molecule has 0 bridgehead atoms. The minimum Gasteiger partial charge on any atom is -0.454 e. The highest BCUT2D eigenvalue weighted by molar-refractivity contribution is 7.89. The summed E-state index contributed by atoms with van der Waals surface area (Å²) >= 11 is 17.7. The summed E-state index contributed by atoms with van der Waals surface area (Å²) in [5.74, 6) is -0.0299. The molecule has 0 saturated carbocycles. The van der Waals surface area contributed by atoms with Crippen LogP contribution in [0.3, 0.4) is 0 Å². The van der Waals surface area contributed by atoms with Gasteiger partial charge in [0.05, 0.1) is 15.0 Å². The minimum absolute atomic E-state index is 0.0203. The van der Waals surface area contributed by atoms with Crippen LogP contribution < -0.4 is 9.88 Å². The monoisotopic (exact) mass is 396 g/mol. The lowest BCUT2D eigenvalue weighted by Gasteiger charge is -2.11. The van der Waals surface area contributed by atoms with Gasteiger partial charge in [0.2, 0.25) is 10.0 Å². The Balaban J connectivity index is 2.53. The second kappa shape index (κ2) is 6.50. The molecule has 23 heavy (non-hydrogen) atoms. The maximum atomic E-state index is 11.5. The Morgan fingerprint density at radius 2 is 1.65 bits per heavy atom. The van der Waals surface area contributed by atoms with E-state index < -0.39 is 25.5 Å². The van der Waals surface area contributed by atoms with Crippen LogP contribution in [0.1, 0.15) is 0 Å². The van der Waals surface area contributed by atoms with Gasteiger partial charge >= 0.3 is 0 Å². The van der Waals surface area contributed by atoms with Crippen LogP contribution in [-0.4, -0.2) is 13.3 Å². The van der Waals surface area contributed by atoms with Crippen molar-refractivity contribution in [3.05, 3.63) is 55.5 Å². The lowest BCUT2D eigenvalue weighted by atomic mass is 10.3. The second-order valence-corrected chi connectivity index (χ2v) is 7.01. The highest BCUT2D eigenvalue weighted by Crippen LogP contribution is 2.39. The topological polar surface area (TPSA) is 113 Å². The van der Waals surface area contributed by atoms with Gasteiger partial charge in [0, 0.05) is 17.2 Å². The zero-order valence-corrected chi connectivity index (χ0v) is 14.1. The summed E-state index contributed by atoms with van der Waals surface area (Å²) < 4.78 is 28.4. The number of nitro benzene ring substituents is 1. The number of halogens is 3. The third-order valence-electron chi connectivity index (χ3n) is 2.62. The van der Waals surface area contributed by atoms with Crippen LogP contribution in [0.4, 0.5) is 5.69 Å². The van der Waals surface area contributed by atoms with Gasteiger partial charge in [-0.05, 0) is 18.2 Å². The molecule has 2 N–H and O–H groups in total. The van der Waals surface area contributed by atoms with Gasteiger partial charge in [0.25, 0.3) is 5.69 Å². The Morgan fingerprint density at radius 3 is 2.13 bits per heavy atom. The zero-order valence-electron chi connectivity index (χ0n) is 11.0. The van der Waals surface area contributed by atoms with E-state index in [0.29, 0.717) is 0 Å². The van der Waals surface area contributed by atoms with Crippen molar-refractivity contribution >= 4 is 50.5 Å². The molecule has 0 saturated heterocycles. The summed E-state index contributed by atoms with van der Waals surface area (Å²) in [4.78, 5) is 9.31. The molecule has 122 valence electrons. The van der Waals surface area contributed by atoms with Crippen LogP contribution in [0.5, 0.6) is 11.5 Å². The lowest BCUT2D eigenvalue weighted by molar-refractivity contribution is -0.387. The Bertz CT molecular complexity index is 879. The molecule has 0 fully saturated rings. The Hall–Kier alpha value is -1.58. The quantitative estimate of drug-likeness (QED) is 0.619. The molecular weight excluding hydrogens is 391 g/mol. The van der Waals surface area contributed by atoms with Crippen LogP contribution in [-0.2, 0) is 10.0 Å². The third kappa shape index (κ3) is 4.04. The van der Waals surface area contributed by atoms with Crippen LogP contribution in [0.25, 0.3) is 0 Å². The molecule has 0 spiro atoms. The van der Waals surface area contributed by atoms with Crippen molar-refractivity contribution in [3.8, 4) is 11.5 Å². The molecule has 2 rings (SSSR count).